The number of aliphatic carboxylic acids is 1. The van der Waals surface area contributed by atoms with E-state index in [1.54, 1.807) is 6.07 Å². The Bertz CT molecular complexity index is 488. The van der Waals surface area contributed by atoms with Gasteiger partial charge in [-0.15, -0.1) is 0 Å². The van der Waals surface area contributed by atoms with Crippen LogP contribution in [-0.2, 0) is 4.79 Å². The predicted octanol–water partition coefficient (Wildman–Crippen LogP) is 3.21. The predicted molar refractivity (Wildman–Crippen MR) is 77.0 cm³/mol. The third kappa shape index (κ3) is 5.26. The summed E-state index contributed by atoms with van der Waals surface area (Å²) in [7, 11) is 0. The lowest BCUT2D eigenvalue weighted by molar-refractivity contribution is -0.384. The largest absolute Gasteiger partial charge is 0.481 e. The van der Waals surface area contributed by atoms with Crippen molar-refractivity contribution in [3.05, 3.63) is 33.9 Å². The monoisotopic (exact) mass is 280 g/mol. The Morgan fingerprint density at radius 3 is 2.70 bits per heavy atom. The lowest BCUT2D eigenvalue weighted by Crippen LogP contribution is -2.09. The maximum absolute atomic E-state index is 10.6. The molecule has 0 aliphatic heterocycles. The number of hydrogen-bond acceptors (Lipinski definition) is 4. The third-order valence-electron chi connectivity index (χ3n) is 3.22. The zero-order valence-corrected chi connectivity index (χ0v) is 11.8. The molecule has 6 nitrogen and oxygen atoms in total. The normalized spacial score (nSPS) is 11.9. The molecule has 0 fully saturated rings. The van der Waals surface area contributed by atoms with Crippen molar-refractivity contribution in [2.45, 2.75) is 33.1 Å². The van der Waals surface area contributed by atoms with Crippen molar-refractivity contribution >= 4 is 17.3 Å². The van der Waals surface area contributed by atoms with Gasteiger partial charge < -0.3 is 10.4 Å². The number of aryl methyl sites for hydroxylation is 1. The minimum atomic E-state index is -0.768. The molecule has 1 unspecified atom stereocenters. The molecule has 0 saturated heterocycles. The van der Waals surface area contributed by atoms with Crippen LogP contribution in [0.5, 0.6) is 0 Å². The number of non-ortho nitro benzene ring substituents is 1. The van der Waals surface area contributed by atoms with E-state index < -0.39 is 10.9 Å². The van der Waals surface area contributed by atoms with Gasteiger partial charge in [0.2, 0.25) is 0 Å². The highest BCUT2D eigenvalue weighted by atomic mass is 16.6. The molecule has 1 aromatic carbocycles. The smallest absolute Gasteiger partial charge is 0.303 e. The van der Waals surface area contributed by atoms with Crippen molar-refractivity contribution in [2.75, 3.05) is 11.9 Å². The number of rotatable bonds is 8. The second-order valence-electron chi connectivity index (χ2n) is 5.01. The molecule has 0 amide bonds. The summed E-state index contributed by atoms with van der Waals surface area (Å²) in [5, 5.41) is 22.5. The van der Waals surface area contributed by atoms with E-state index in [1.807, 2.05) is 13.8 Å². The fourth-order valence-corrected chi connectivity index (χ4v) is 1.93. The number of carboxylic acid groups (broad SMARTS) is 1. The number of nitrogens with zero attached hydrogens (tertiary/aromatic N) is 1. The maximum atomic E-state index is 10.6. The van der Waals surface area contributed by atoms with Gasteiger partial charge >= 0.3 is 5.97 Å². The average Bonchev–Trinajstić information content (AvgIpc) is 2.38. The fraction of sp³-hybridized carbons (Fsp3) is 0.500. The second-order valence-corrected chi connectivity index (χ2v) is 5.01. The minimum absolute atomic E-state index is 0.0860. The molecule has 1 rings (SSSR count). The van der Waals surface area contributed by atoms with Crippen LogP contribution < -0.4 is 5.32 Å². The first-order valence-corrected chi connectivity index (χ1v) is 6.61. The van der Waals surface area contributed by atoms with Crippen molar-refractivity contribution in [1.29, 1.82) is 0 Å². The van der Waals surface area contributed by atoms with Gasteiger partial charge in [0.05, 0.1) is 4.92 Å². The topological polar surface area (TPSA) is 92.5 Å². The zero-order chi connectivity index (χ0) is 15.1. The van der Waals surface area contributed by atoms with E-state index in [-0.39, 0.29) is 12.1 Å². The molecule has 0 heterocycles. The van der Waals surface area contributed by atoms with E-state index in [2.05, 4.69) is 5.32 Å². The highest BCUT2D eigenvalue weighted by Crippen LogP contribution is 2.21. The van der Waals surface area contributed by atoms with E-state index in [4.69, 9.17) is 5.11 Å². The Morgan fingerprint density at radius 2 is 2.15 bits per heavy atom. The Hall–Kier alpha value is -2.11. The van der Waals surface area contributed by atoms with Gasteiger partial charge in [-0.25, -0.2) is 0 Å². The van der Waals surface area contributed by atoms with E-state index in [0.717, 1.165) is 24.2 Å². The van der Waals surface area contributed by atoms with Crippen LogP contribution in [0, 0.1) is 23.0 Å². The molecule has 0 radical (unpaired) electrons. The van der Waals surface area contributed by atoms with Crippen LogP contribution in [0.15, 0.2) is 18.2 Å². The highest BCUT2D eigenvalue weighted by Gasteiger charge is 2.09. The van der Waals surface area contributed by atoms with Crippen molar-refractivity contribution in [3.8, 4) is 0 Å². The van der Waals surface area contributed by atoms with Gasteiger partial charge in [0.1, 0.15) is 0 Å². The van der Waals surface area contributed by atoms with Gasteiger partial charge in [-0.05, 0) is 37.3 Å². The standard InChI is InChI=1S/C14H20N2O4/c1-10(3-6-14(17)18)7-8-15-13-5-4-12(16(19)20)9-11(13)2/h4-5,9-10,15H,3,6-8H2,1-2H3,(H,17,18). The van der Waals surface area contributed by atoms with Gasteiger partial charge in [0, 0.05) is 30.8 Å². The molecule has 2 N–H and O–H groups in total. The first kappa shape index (κ1) is 15.9. The fourth-order valence-electron chi connectivity index (χ4n) is 1.93. The van der Waals surface area contributed by atoms with Crippen LogP contribution in [0.1, 0.15) is 31.7 Å². The Kier molecular flexibility index (Phi) is 5.96. The number of nitro benzene ring substituents is 1. The molecule has 0 aliphatic carbocycles. The van der Waals surface area contributed by atoms with E-state index in [9.17, 15) is 14.9 Å². The molecule has 110 valence electrons. The molecule has 6 heteroatoms. The second kappa shape index (κ2) is 7.47. The van der Waals surface area contributed by atoms with Gasteiger partial charge in [0.15, 0.2) is 0 Å². The summed E-state index contributed by atoms with van der Waals surface area (Å²) in [5.74, 6) is -0.437. The molecule has 0 aliphatic rings. The Balaban J connectivity index is 2.42. The van der Waals surface area contributed by atoms with Crippen LogP contribution in [0.3, 0.4) is 0 Å². The zero-order valence-electron chi connectivity index (χ0n) is 11.8. The van der Waals surface area contributed by atoms with Crippen molar-refractivity contribution in [1.82, 2.24) is 0 Å². The number of benzene rings is 1. The molecule has 0 saturated carbocycles. The van der Waals surface area contributed by atoms with Crippen LogP contribution in [0.25, 0.3) is 0 Å². The lowest BCUT2D eigenvalue weighted by atomic mass is 10.0. The number of anilines is 1. The average molecular weight is 280 g/mol. The molecule has 1 atom stereocenters. The molecule has 1 aromatic rings. The van der Waals surface area contributed by atoms with Crippen LogP contribution >= 0.6 is 0 Å². The summed E-state index contributed by atoms with van der Waals surface area (Å²) in [5.41, 5.74) is 1.79. The number of carbonyl (C=O) groups is 1. The van der Waals surface area contributed by atoms with Crippen molar-refractivity contribution in [2.24, 2.45) is 5.92 Å². The Morgan fingerprint density at radius 1 is 1.45 bits per heavy atom. The number of nitro groups is 1. The van der Waals surface area contributed by atoms with Crippen molar-refractivity contribution < 1.29 is 14.8 Å². The third-order valence-corrected chi connectivity index (χ3v) is 3.22. The van der Waals surface area contributed by atoms with Gasteiger partial charge in [-0.3, -0.25) is 14.9 Å². The van der Waals surface area contributed by atoms with E-state index in [1.165, 1.54) is 12.1 Å². The number of hydrogen-bond donors (Lipinski definition) is 2. The van der Waals surface area contributed by atoms with E-state index >= 15 is 0 Å². The van der Waals surface area contributed by atoms with Crippen LogP contribution in [0.2, 0.25) is 0 Å². The molecule has 0 bridgehead atoms. The quantitative estimate of drug-likeness (QED) is 0.563. The van der Waals surface area contributed by atoms with Crippen LogP contribution in [-0.4, -0.2) is 22.5 Å². The molecular formula is C14H20N2O4. The van der Waals surface area contributed by atoms with E-state index in [0.29, 0.717) is 12.3 Å². The maximum Gasteiger partial charge on any atom is 0.303 e. The summed E-state index contributed by atoms with van der Waals surface area (Å²) in [4.78, 5) is 20.7. The Labute approximate surface area is 118 Å². The summed E-state index contributed by atoms with van der Waals surface area (Å²) in [6, 6.07) is 4.72. The molecule has 0 aromatic heterocycles. The SMILES string of the molecule is Cc1cc([N+](=O)[O-])ccc1NCCC(C)CCC(=O)O. The van der Waals surface area contributed by atoms with Gasteiger partial charge in [-0.1, -0.05) is 6.92 Å². The summed E-state index contributed by atoms with van der Waals surface area (Å²) < 4.78 is 0. The van der Waals surface area contributed by atoms with Crippen molar-refractivity contribution in [3.63, 3.8) is 0 Å². The number of carboxylic acids is 1. The lowest BCUT2D eigenvalue weighted by Gasteiger charge is -2.13. The van der Waals surface area contributed by atoms with Gasteiger partial charge in [-0.2, -0.15) is 0 Å². The molecule has 0 spiro atoms. The minimum Gasteiger partial charge on any atom is -0.481 e. The first-order chi connectivity index (χ1) is 9.40. The highest BCUT2D eigenvalue weighted by molar-refractivity contribution is 5.66. The summed E-state index contributed by atoms with van der Waals surface area (Å²) in [6.45, 7) is 4.57. The molecule has 20 heavy (non-hydrogen) atoms. The number of nitrogens with one attached hydrogen (secondary N) is 1. The first-order valence-electron chi connectivity index (χ1n) is 6.61. The molecular weight excluding hydrogens is 260 g/mol. The summed E-state index contributed by atoms with van der Waals surface area (Å²) in [6.07, 6.45) is 1.72. The summed E-state index contributed by atoms with van der Waals surface area (Å²) >= 11 is 0. The van der Waals surface area contributed by atoms with Crippen LogP contribution in [0.4, 0.5) is 11.4 Å². The van der Waals surface area contributed by atoms with Gasteiger partial charge in [0.25, 0.3) is 5.69 Å².